The number of amides is 2. The number of carbonyl (C=O) groups is 2. The first-order chi connectivity index (χ1) is 11.8. The molecule has 25 heavy (non-hydrogen) atoms. The van der Waals surface area contributed by atoms with E-state index < -0.39 is 0 Å². The highest BCUT2D eigenvalue weighted by Crippen LogP contribution is 2.31. The number of carbonyl (C=O) groups excluding carboxylic acids is 2. The van der Waals surface area contributed by atoms with Crippen LogP contribution < -0.4 is 4.74 Å². The molecule has 2 aliphatic rings. The minimum Gasteiger partial charge on any atom is -0.496 e. The minimum atomic E-state index is -0.283. The molecule has 0 bridgehead atoms. The second kappa shape index (κ2) is 6.86. The molecule has 0 spiro atoms. The van der Waals surface area contributed by atoms with Gasteiger partial charge in [-0.05, 0) is 60.8 Å². The van der Waals surface area contributed by atoms with Crippen molar-refractivity contribution >= 4 is 27.9 Å². The van der Waals surface area contributed by atoms with Crippen molar-refractivity contribution in [2.24, 2.45) is 0 Å². The van der Waals surface area contributed by atoms with E-state index in [-0.39, 0.29) is 23.6 Å². The van der Waals surface area contributed by atoms with Crippen molar-refractivity contribution in [2.75, 3.05) is 26.8 Å². The van der Waals surface area contributed by atoms with Crippen LogP contribution in [-0.4, -0.2) is 60.2 Å². The van der Waals surface area contributed by atoms with E-state index in [0.717, 1.165) is 17.3 Å². The van der Waals surface area contributed by atoms with Gasteiger partial charge in [0.1, 0.15) is 12.4 Å². The van der Waals surface area contributed by atoms with Crippen molar-refractivity contribution in [3.8, 4) is 5.75 Å². The molecule has 0 atom stereocenters. The van der Waals surface area contributed by atoms with Gasteiger partial charge in [-0.15, -0.1) is 0 Å². The summed E-state index contributed by atoms with van der Waals surface area (Å²) >= 11 is 3.42. The highest BCUT2D eigenvalue weighted by Gasteiger charge is 2.44. The molecule has 1 aromatic carbocycles. The quantitative estimate of drug-likeness (QED) is 0.766. The Morgan fingerprint density at radius 2 is 2.00 bits per heavy atom. The fraction of sp³-hybridized carbons (Fsp3) is 0.556. The minimum absolute atomic E-state index is 0.00469. The van der Waals surface area contributed by atoms with Crippen LogP contribution in [0.4, 0.5) is 4.79 Å². The molecule has 2 fully saturated rings. The predicted octanol–water partition coefficient (Wildman–Crippen LogP) is 3.29. The number of nitrogens with zero attached hydrogens (tertiary/aromatic N) is 2. The van der Waals surface area contributed by atoms with E-state index in [4.69, 9.17) is 9.47 Å². The zero-order chi connectivity index (χ0) is 18.2. The average Bonchev–Trinajstić information content (AvgIpc) is 2.87. The van der Waals surface area contributed by atoms with Crippen LogP contribution >= 0.6 is 15.9 Å². The largest absolute Gasteiger partial charge is 0.496 e. The topological polar surface area (TPSA) is 59.1 Å². The third-order valence-electron chi connectivity index (χ3n) is 4.91. The summed E-state index contributed by atoms with van der Waals surface area (Å²) in [5, 5.41) is 0. The maximum atomic E-state index is 12.7. The second-order valence-electron chi connectivity index (χ2n) is 7.11. The fourth-order valence-electron chi connectivity index (χ4n) is 3.58. The molecule has 0 unspecified atom stereocenters. The molecule has 0 radical (unpaired) electrons. The summed E-state index contributed by atoms with van der Waals surface area (Å²) in [4.78, 5) is 28.5. The molecule has 7 heteroatoms. The van der Waals surface area contributed by atoms with Gasteiger partial charge in [0.15, 0.2) is 0 Å². The van der Waals surface area contributed by atoms with Crippen LogP contribution in [0.1, 0.15) is 37.0 Å². The lowest BCUT2D eigenvalue weighted by atomic mass is 9.96. The summed E-state index contributed by atoms with van der Waals surface area (Å²) < 4.78 is 11.2. The number of rotatable bonds is 3. The average molecular weight is 411 g/mol. The predicted molar refractivity (Wildman–Crippen MR) is 96.9 cm³/mol. The summed E-state index contributed by atoms with van der Waals surface area (Å²) in [5.41, 5.74) is 0.349. The monoisotopic (exact) mass is 410 g/mol. The van der Waals surface area contributed by atoms with E-state index in [1.54, 1.807) is 25.3 Å². The van der Waals surface area contributed by atoms with E-state index in [1.165, 1.54) is 0 Å². The van der Waals surface area contributed by atoms with E-state index >= 15 is 0 Å². The van der Waals surface area contributed by atoms with Crippen LogP contribution in [0.3, 0.4) is 0 Å². The van der Waals surface area contributed by atoms with Gasteiger partial charge in [-0.3, -0.25) is 9.69 Å². The maximum Gasteiger partial charge on any atom is 0.410 e. The third-order valence-corrected chi connectivity index (χ3v) is 5.53. The van der Waals surface area contributed by atoms with Crippen LogP contribution in [0.15, 0.2) is 22.7 Å². The summed E-state index contributed by atoms with van der Waals surface area (Å²) in [6.45, 7) is 5.72. The van der Waals surface area contributed by atoms with Crippen LogP contribution in [0.25, 0.3) is 0 Å². The summed E-state index contributed by atoms with van der Waals surface area (Å²) in [5.74, 6) is 0.704. The van der Waals surface area contributed by atoms with Gasteiger partial charge < -0.3 is 14.4 Å². The molecule has 6 nitrogen and oxygen atoms in total. The summed E-state index contributed by atoms with van der Waals surface area (Å²) in [6.07, 6.45) is 1.29. The Kier molecular flexibility index (Phi) is 4.95. The molecule has 2 saturated heterocycles. The first-order valence-electron chi connectivity index (χ1n) is 8.42. The van der Waals surface area contributed by atoms with Gasteiger partial charge in [-0.2, -0.15) is 0 Å². The Hall–Kier alpha value is -1.76. The van der Waals surface area contributed by atoms with E-state index in [2.05, 4.69) is 15.9 Å². The zero-order valence-corrected chi connectivity index (χ0v) is 16.3. The number of likely N-dealkylation sites (tertiary alicyclic amines) is 1. The number of cyclic esters (lactones) is 1. The normalized spacial score (nSPS) is 20.6. The van der Waals surface area contributed by atoms with Crippen LogP contribution in [0, 0.1) is 0 Å². The smallest absolute Gasteiger partial charge is 0.410 e. The summed E-state index contributed by atoms with van der Waals surface area (Å²) in [6, 6.07) is 5.47. The number of benzene rings is 1. The van der Waals surface area contributed by atoms with Crippen molar-refractivity contribution in [2.45, 2.75) is 38.3 Å². The molecule has 3 rings (SSSR count). The molecule has 1 aromatic rings. The lowest BCUT2D eigenvalue weighted by molar-refractivity contribution is 0.0589. The van der Waals surface area contributed by atoms with Gasteiger partial charge in [-0.25, -0.2) is 4.79 Å². The van der Waals surface area contributed by atoms with Crippen molar-refractivity contribution < 1.29 is 19.1 Å². The lowest BCUT2D eigenvalue weighted by Gasteiger charge is -2.40. The molecule has 2 aliphatic heterocycles. The van der Waals surface area contributed by atoms with Crippen LogP contribution in [-0.2, 0) is 4.74 Å². The van der Waals surface area contributed by atoms with Crippen LogP contribution in [0.5, 0.6) is 5.75 Å². The van der Waals surface area contributed by atoms with Gasteiger partial charge in [0.2, 0.25) is 0 Å². The molecular formula is C18H23BrN2O4. The molecule has 136 valence electrons. The Balaban J connectivity index is 1.65. The van der Waals surface area contributed by atoms with Gasteiger partial charge >= 0.3 is 6.09 Å². The molecule has 2 amide bonds. The van der Waals surface area contributed by atoms with Crippen molar-refractivity contribution in [3.63, 3.8) is 0 Å². The maximum absolute atomic E-state index is 12.7. The zero-order valence-electron chi connectivity index (χ0n) is 14.8. The Morgan fingerprint density at radius 3 is 2.52 bits per heavy atom. The van der Waals surface area contributed by atoms with Crippen molar-refractivity contribution in [3.05, 3.63) is 28.2 Å². The molecule has 0 aromatic heterocycles. The SMILES string of the molecule is COc1ccc(C(=O)N2CCC(N3C(=O)OCC3(C)C)CC2)cc1Br. The van der Waals surface area contributed by atoms with Gasteiger partial charge in [0.05, 0.1) is 17.1 Å². The number of methoxy groups -OCH3 is 1. The Bertz CT molecular complexity index is 684. The molecule has 0 aliphatic carbocycles. The Morgan fingerprint density at radius 1 is 1.32 bits per heavy atom. The van der Waals surface area contributed by atoms with E-state index in [1.807, 2.05) is 23.6 Å². The lowest BCUT2D eigenvalue weighted by Crippen LogP contribution is -2.53. The number of hydrogen-bond donors (Lipinski definition) is 0. The molecule has 0 saturated carbocycles. The second-order valence-corrected chi connectivity index (χ2v) is 7.96. The van der Waals surface area contributed by atoms with Gasteiger partial charge in [0, 0.05) is 24.7 Å². The molecule has 0 N–H and O–H groups in total. The highest BCUT2D eigenvalue weighted by atomic mass is 79.9. The molecular weight excluding hydrogens is 388 g/mol. The first kappa shape index (κ1) is 18.0. The van der Waals surface area contributed by atoms with E-state index in [0.29, 0.717) is 31.0 Å². The summed E-state index contributed by atoms with van der Waals surface area (Å²) in [7, 11) is 1.59. The fourth-order valence-corrected chi connectivity index (χ4v) is 4.12. The number of ether oxygens (including phenoxy) is 2. The highest BCUT2D eigenvalue weighted by molar-refractivity contribution is 9.10. The first-order valence-corrected chi connectivity index (χ1v) is 9.21. The van der Waals surface area contributed by atoms with Crippen molar-refractivity contribution in [1.82, 2.24) is 9.80 Å². The van der Waals surface area contributed by atoms with E-state index in [9.17, 15) is 9.59 Å². The standard InChI is InChI=1S/C18H23BrN2O4/c1-18(2)11-25-17(23)21(18)13-6-8-20(9-7-13)16(22)12-4-5-15(24-3)14(19)10-12/h4-5,10,13H,6-9,11H2,1-3H3. The molecule has 2 heterocycles. The number of halogens is 1. The number of hydrogen-bond acceptors (Lipinski definition) is 4. The van der Waals surface area contributed by atoms with Crippen molar-refractivity contribution in [1.29, 1.82) is 0 Å². The van der Waals surface area contributed by atoms with Gasteiger partial charge in [0.25, 0.3) is 5.91 Å². The number of piperidine rings is 1. The Labute approximate surface area is 156 Å². The third kappa shape index (κ3) is 3.47. The van der Waals surface area contributed by atoms with Gasteiger partial charge in [-0.1, -0.05) is 0 Å². The van der Waals surface area contributed by atoms with Crippen LogP contribution in [0.2, 0.25) is 0 Å².